The van der Waals surface area contributed by atoms with Crippen LogP contribution in [0.15, 0.2) is 9.00 Å². The Kier molecular flexibility index (Phi) is 1.49. The van der Waals surface area contributed by atoms with Crippen LogP contribution in [0.3, 0.4) is 0 Å². The number of nitrogen functional groups attached to an aromatic ring is 1. The van der Waals surface area contributed by atoms with E-state index in [-0.39, 0.29) is 5.82 Å². The second-order valence-electron chi connectivity index (χ2n) is 3.30. The molecule has 2 atom stereocenters. The molecule has 0 radical (unpaired) electrons. The summed E-state index contributed by atoms with van der Waals surface area (Å²) in [7, 11) is 0. The first-order valence-corrected chi connectivity index (χ1v) is 4.40. The van der Waals surface area contributed by atoms with Crippen LogP contribution in [0, 0.1) is 0 Å². The van der Waals surface area contributed by atoms with Gasteiger partial charge >= 0.3 is 0 Å². The van der Waals surface area contributed by atoms with Crippen LogP contribution in [0.1, 0.15) is 19.1 Å². The highest BCUT2D eigenvalue weighted by atomic mass is 79.9. The molecule has 0 bridgehead atoms. The van der Waals surface area contributed by atoms with E-state index in [2.05, 4.69) is 21.1 Å². The van der Waals surface area contributed by atoms with Gasteiger partial charge in [0, 0.05) is 0 Å². The Balaban J connectivity index is 2.42. The van der Waals surface area contributed by atoms with Crippen LogP contribution in [-0.4, -0.2) is 11.3 Å². The van der Waals surface area contributed by atoms with Gasteiger partial charge in [-0.1, -0.05) is 5.16 Å². The molecule has 12 heavy (non-hydrogen) atoms. The maximum absolute atomic E-state index is 12.9. The zero-order valence-corrected chi connectivity index (χ0v) is 8.06. The van der Waals surface area contributed by atoms with Gasteiger partial charge in [-0.2, -0.15) is 0 Å². The van der Waals surface area contributed by atoms with Crippen molar-refractivity contribution in [3.63, 3.8) is 0 Å². The summed E-state index contributed by atoms with van der Waals surface area (Å²) >= 11 is 3.21. The molecule has 0 saturated heterocycles. The van der Waals surface area contributed by atoms with E-state index in [1.807, 2.05) is 0 Å². The fourth-order valence-corrected chi connectivity index (χ4v) is 1.79. The van der Waals surface area contributed by atoms with E-state index >= 15 is 0 Å². The highest BCUT2D eigenvalue weighted by molar-refractivity contribution is 9.10. The zero-order valence-electron chi connectivity index (χ0n) is 6.47. The molecular formula is C7H8BrFN2O. The number of anilines is 1. The summed E-state index contributed by atoms with van der Waals surface area (Å²) < 4.78 is 18.4. The predicted molar refractivity (Wildman–Crippen MR) is 45.5 cm³/mol. The quantitative estimate of drug-likeness (QED) is 0.809. The van der Waals surface area contributed by atoms with Crippen LogP contribution in [0.4, 0.5) is 10.2 Å². The van der Waals surface area contributed by atoms with Crippen molar-refractivity contribution in [2.75, 3.05) is 5.73 Å². The molecule has 3 nitrogen and oxygen atoms in total. The van der Waals surface area contributed by atoms with Gasteiger partial charge in [-0.15, -0.1) is 0 Å². The molecule has 1 aromatic heterocycles. The highest BCUT2D eigenvalue weighted by Gasteiger charge is 2.56. The summed E-state index contributed by atoms with van der Waals surface area (Å²) in [6, 6.07) is 0. The smallest absolute Gasteiger partial charge is 0.181 e. The third-order valence-electron chi connectivity index (χ3n) is 2.31. The van der Waals surface area contributed by atoms with Crippen molar-refractivity contribution in [1.82, 2.24) is 5.16 Å². The Hall–Kier alpha value is -0.580. The first-order valence-electron chi connectivity index (χ1n) is 3.61. The monoisotopic (exact) mass is 234 g/mol. The lowest BCUT2D eigenvalue weighted by Crippen LogP contribution is -2.03. The molecule has 0 aromatic carbocycles. The summed E-state index contributed by atoms with van der Waals surface area (Å²) in [6.45, 7) is 1.79. The molecular weight excluding hydrogens is 227 g/mol. The van der Waals surface area contributed by atoms with E-state index in [1.165, 1.54) is 0 Å². The van der Waals surface area contributed by atoms with Gasteiger partial charge < -0.3 is 10.3 Å². The van der Waals surface area contributed by atoms with Crippen LogP contribution in [0.5, 0.6) is 0 Å². The number of rotatable bonds is 1. The number of nitrogens with zero attached hydrogens (tertiary/aromatic N) is 1. The number of aromatic nitrogens is 1. The van der Waals surface area contributed by atoms with E-state index in [0.29, 0.717) is 16.7 Å². The minimum atomic E-state index is -0.832. The standard InChI is InChI=1S/C7H8BrFN2O/c1-7(2-3(7)9)5-4(8)6(10)11-12-5/h3H,2H2,1H3,(H2,10,11). The van der Waals surface area contributed by atoms with E-state index in [0.717, 1.165) is 0 Å². The molecule has 1 saturated carbocycles. The van der Waals surface area contributed by atoms with Gasteiger partial charge in [0.15, 0.2) is 11.6 Å². The van der Waals surface area contributed by atoms with Gasteiger partial charge in [0.1, 0.15) is 10.6 Å². The van der Waals surface area contributed by atoms with Gasteiger partial charge in [-0.25, -0.2) is 4.39 Å². The van der Waals surface area contributed by atoms with Crippen LogP contribution in [0.2, 0.25) is 0 Å². The number of halogens is 2. The summed E-state index contributed by atoms with van der Waals surface area (Å²) in [5, 5.41) is 3.55. The fourth-order valence-electron chi connectivity index (χ4n) is 1.19. The van der Waals surface area contributed by atoms with Gasteiger partial charge in [0.2, 0.25) is 0 Å². The largest absolute Gasteiger partial charge is 0.380 e. The lowest BCUT2D eigenvalue weighted by Gasteiger charge is -2.01. The molecule has 1 aliphatic carbocycles. The maximum Gasteiger partial charge on any atom is 0.181 e. The van der Waals surface area contributed by atoms with Crippen molar-refractivity contribution < 1.29 is 8.91 Å². The molecule has 0 spiro atoms. The maximum atomic E-state index is 12.9. The average Bonchev–Trinajstić information content (AvgIpc) is 2.44. The van der Waals surface area contributed by atoms with Crippen LogP contribution in [0.25, 0.3) is 0 Å². The minimum absolute atomic E-state index is 0.283. The topological polar surface area (TPSA) is 52.0 Å². The van der Waals surface area contributed by atoms with E-state index < -0.39 is 11.6 Å². The van der Waals surface area contributed by atoms with Crippen molar-refractivity contribution >= 4 is 21.7 Å². The first kappa shape index (κ1) is 8.04. The molecule has 1 heterocycles. The Bertz CT molecular complexity index is 327. The van der Waals surface area contributed by atoms with Gasteiger partial charge in [0.25, 0.3) is 0 Å². The molecule has 2 N–H and O–H groups in total. The fraction of sp³-hybridized carbons (Fsp3) is 0.571. The Morgan fingerprint density at radius 3 is 2.75 bits per heavy atom. The van der Waals surface area contributed by atoms with E-state index in [4.69, 9.17) is 10.3 Å². The second kappa shape index (κ2) is 2.22. The summed E-state index contributed by atoms with van der Waals surface area (Å²) in [6.07, 6.45) is -0.346. The molecule has 0 amide bonds. The predicted octanol–water partition coefficient (Wildman–Crippen LogP) is 2.02. The third-order valence-corrected chi connectivity index (χ3v) is 3.08. The number of hydrogen-bond donors (Lipinski definition) is 1. The molecule has 1 aliphatic rings. The second-order valence-corrected chi connectivity index (χ2v) is 4.09. The number of alkyl halides is 1. The Morgan fingerprint density at radius 1 is 1.83 bits per heavy atom. The van der Waals surface area contributed by atoms with Crippen molar-refractivity contribution in [3.05, 3.63) is 10.2 Å². The van der Waals surface area contributed by atoms with Crippen molar-refractivity contribution in [2.45, 2.75) is 24.9 Å². The average molecular weight is 235 g/mol. The molecule has 2 rings (SSSR count). The summed E-state index contributed by atoms with van der Waals surface area (Å²) in [5.74, 6) is 0.804. The molecule has 1 aromatic rings. The molecule has 1 fully saturated rings. The Labute approximate surface area is 77.2 Å². The van der Waals surface area contributed by atoms with Crippen molar-refractivity contribution in [1.29, 1.82) is 0 Å². The SMILES string of the molecule is CC1(c2onc(N)c2Br)CC1F. The van der Waals surface area contributed by atoms with Crippen molar-refractivity contribution in [2.24, 2.45) is 0 Å². The summed E-state index contributed by atoms with van der Waals surface area (Å²) in [4.78, 5) is 0. The van der Waals surface area contributed by atoms with Gasteiger partial charge in [-0.05, 0) is 29.3 Å². The zero-order chi connectivity index (χ0) is 8.93. The molecule has 2 unspecified atom stereocenters. The van der Waals surface area contributed by atoms with Crippen LogP contribution >= 0.6 is 15.9 Å². The number of nitrogens with two attached hydrogens (primary N) is 1. The normalized spacial score (nSPS) is 33.8. The molecule has 66 valence electrons. The van der Waals surface area contributed by atoms with Crippen LogP contribution < -0.4 is 5.73 Å². The third kappa shape index (κ3) is 0.888. The molecule has 5 heteroatoms. The van der Waals surface area contributed by atoms with E-state index in [9.17, 15) is 4.39 Å². The van der Waals surface area contributed by atoms with Crippen LogP contribution in [-0.2, 0) is 5.41 Å². The van der Waals surface area contributed by atoms with Crippen molar-refractivity contribution in [3.8, 4) is 0 Å². The highest BCUT2D eigenvalue weighted by Crippen LogP contribution is 2.53. The number of hydrogen-bond acceptors (Lipinski definition) is 3. The minimum Gasteiger partial charge on any atom is -0.380 e. The van der Waals surface area contributed by atoms with E-state index in [1.54, 1.807) is 6.92 Å². The van der Waals surface area contributed by atoms with Gasteiger partial charge in [0.05, 0.1) is 5.41 Å². The Morgan fingerprint density at radius 2 is 2.42 bits per heavy atom. The summed E-state index contributed by atoms with van der Waals surface area (Å²) in [5.41, 5.74) is 4.93. The van der Waals surface area contributed by atoms with Gasteiger partial charge in [-0.3, -0.25) is 0 Å². The first-order chi connectivity index (χ1) is 5.55. The lowest BCUT2D eigenvalue weighted by molar-refractivity contribution is 0.331. The lowest BCUT2D eigenvalue weighted by atomic mass is 10.1. The molecule has 0 aliphatic heterocycles.